The maximum absolute atomic E-state index is 12.2. The highest BCUT2D eigenvalue weighted by Crippen LogP contribution is 2.27. The Labute approximate surface area is 133 Å². The topological polar surface area (TPSA) is 44.4 Å². The third-order valence-corrected chi connectivity index (χ3v) is 5.80. The van der Waals surface area contributed by atoms with E-state index in [1.54, 1.807) is 0 Å². The van der Waals surface area contributed by atoms with Gasteiger partial charge in [0.2, 0.25) is 0 Å². The third-order valence-electron chi connectivity index (χ3n) is 4.63. The van der Waals surface area contributed by atoms with Crippen molar-refractivity contribution in [3.8, 4) is 0 Å². The van der Waals surface area contributed by atoms with Crippen LogP contribution in [-0.4, -0.2) is 54.2 Å². The van der Waals surface area contributed by atoms with Crippen molar-refractivity contribution in [2.24, 2.45) is 0 Å². The first-order chi connectivity index (χ1) is 10.2. The second kappa shape index (κ2) is 8.69. The van der Waals surface area contributed by atoms with Crippen LogP contribution in [-0.2, 0) is 0 Å². The summed E-state index contributed by atoms with van der Waals surface area (Å²) in [4.78, 5) is 14.6. The van der Waals surface area contributed by atoms with Crippen molar-refractivity contribution >= 4 is 17.8 Å². The zero-order valence-corrected chi connectivity index (χ0v) is 14.0. The van der Waals surface area contributed by atoms with Gasteiger partial charge in [-0.1, -0.05) is 18.9 Å². The lowest BCUT2D eigenvalue weighted by molar-refractivity contribution is 0.200. The monoisotopic (exact) mass is 311 g/mol. The first-order valence-electron chi connectivity index (χ1n) is 8.16. The van der Waals surface area contributed by atoms with E-state index >= 15 is 0 Å². The van der Waals surface area contributed by atoms with Gasteiger partial charge >= 0.3 is 6.03 Å². The van der Waals surface area contributed by atoms with E-state index in [9.17, 15) is 4.79 Å². The molecule has 4 nitrogen and oxygen atoms in total. The van der Waals surface area contributed by atoms with Gasteiger partial charge in [0.1, 0.15) is 0 Å². The van der Waals surface area contributed by atoms with Crippen LogP contribution >= 0.6 is 11.8 Å². The number of nitrogens with zero attached hydrogens (tertiary/aromatic N) is 1. The lowest BCUT2D eigenvalue weighted by atomic mass is 9.95. The molecule has 1 heterocycles. The third kappa shape index (κ3) is 5.22. The fourth-order valence-electron chi connectivity index (χ4n) is 3.38. The lowest BCUT2D eigenvalue weighted by Crippen LogP contribution is -2.52. The predicted octanol–water partition coefficient (Wildman–Crippen LogP) is 2.61. The van der Waals surface area contributed by atoms with Crippen molar-refractivity contribution in [2.45, 2.75) is 55.9 Å². The van der Waals surface area contributed by atoms with Crippen molar-refractivity contribution in [3.05, 3.63) is 12.7 Å². The zero-order valence-electron chi connectivity index (χ0n) is 13.1. The summed E-state index contributed by atoms with van der Waals surface area (Å²) in [6.07, 6.45) is 11.1. The van der Waals surface area contributed by atoms with Crippen LogP contribution in [0.3, 0.4) is 0 Å². The van der Waals surface area contributed by atoms with Crippen LogP contribution in [0.4, 0.5) is 4.79 Å². The molecule has 1 saturated heterocycles. The SMILES string of the molecule is C=CCN1CCC(NC(=O)N[C@@H]2CCCC[C@H]2SC)CC1. The van der Waals surface area contributed by atoms with E-state index in [2.05, 4.69) is 28.4 Å². The molecular weight excluding hydrogens is 282 g/mol. The summed E-state index contributed by atoms with van der Waals surface area (Å²) in [7, 11) is 0. The molecule has 2 aliphatic rings. The zero-order chi connectivity index (χ0) is 15.1. The summed E-state index contributed by atoms with van der Waals surface area (Å²) >= 11 is 1.89. The van der Waals surface area contributed by atoms with Gasteiger partial charge in [0.15, 0.2) is 0 Å². The van der Waals surface area contributed by atoms with Crippen LogP contribution in [0.5, 0.6) is 0 Å². The number of carbonyl (C=O) groups excluding carboxylic acids is 1. The smallest absolute Gasteiger partial charge is 0.315 e. The predicted molar refractivity (Wildman–Crippen MR) is 90.9 cm³/mol. The average Bonchev–Trinajstić information content (AvgIpc) is 2.50. The van der Waals surface area contributed by atoms with Crippen molar-refractivity contribution in [1.82, 2.24) is 15.5 Å². The number of urea groups is 1. The standard InChI is InChI=1S/C16H29N3OS/c1-3-10-19-11-8-13(9-12-19)17-16(20)18-14-6-4-5-7-15(14)21-2/h3,13-15H,1,4-12H2,2H3,(H2,17,18,20)/t14-,15-/m1/s1. The van der Waals surface area contributed by atoms with Crippen LogP contribution < -0.4 is 10.6 Å². The molecule has 1 saturated carbocycles. The molecule has 0 unspecified atom stereocenters. The first-order valence-corrected chi connectivity index (χ1v) is 9.44. The number of likely N-dealkylation sites (tertiary alicyclic amines) is 1. The van der Waals surface area contributed by atoms with Gasteiger partial charge in [0.05, 0.1) is 0 Å². The molecular formula is C16H29N3OS. The van der Waals surface area contributed by atoms with Crippen LogP contribution in [0.1, 0.15) is 38.5 Å². The van der Waals surface area contributed by atoms with Crippen molar-refractivity contribution < 1.29 is 4.79 Å². The number of amides is 2. The number of nitrogens with one attached hydrogen (secondary N) is 2. The van der Waals surface area contributed by atoms with E-state index in [4.69, 9.17) is 0 Å². The van der Waals surface area contributed by atoms with Crippen molar-refractivity contribution in [3.63, 3.8) is 0 Å². The van der Waals surface area contributed by atoms with Gasteiger partial charge in [0, 0.05) is 37.0 Å². The number of rotatable bonds is 5. The molecule has 2 amide bonds. The van der Waals surface area contributed by atoms with E-state index in [0.29, 0.717) is 17.3 Å². The molecule has 0 aromatic rings. The molecule has 5 heteroatoms. The molecule has 0 bridgehead atoms. The Hall–Kier alpha value is -0.680. The largest absolute Gasteiger partial charge is 0.335 e. The fourth-order valence-corrected chi connectivity index (χ4v) is 4.32. The number of carbonyl (C=O) groups is 1. The van der Waals surface area contributed by atoms with Gasteiger partial charge in [-0.2, -0.15) is 11.8 Å². The van der Waals surface area contributed by atoms with E-state index < -0.39 is 0 Å². The first kappa shape index (κ1) is 16.7. The molecule has 1 aliphatic heterocycles. The van der Waals surface area contributed by atoms with Crippen LogP contribution in [0.25, 0.3) is 0 Å². The molecule has 2 N–H and O–H groups in total. The molecule has 2 fully saturated rings. The van der Waals surface area contributed by atoms with Crippen molar-refractivity contribution in [2.75, 3.05) is 25.9 Å². The number of hydrogen-bond acceptors (Lipinski definition) is 3. The highest BCUT2D eigenvalue weighted by atomic mass is 32.2. The molecule has 0 spiro atoms. The van der Waals surface area contributed by atoms with Gasteiger partial charge in [-0.15, -0.1) is 6.58 Å². The highest BCUT2D eigenvalue weighted by molar-refractivity contribution is 7.99. The average molecular weight is 311 g/mol. The minimum Gasteiger partial charge on any atom is -0.335 e. The van der Waals surface area contributed by atoms with E-state index in [1.165, 1.54) is 19.3 Å². The quantitative estimate of drug-likeness (QED) is 0.767. The van der Waals surface area contributed by atoms with Gasteiger partial charge in [-0.3, -0.25) is 4.90 Å². The molecule has 21 heavy (non-hydrogen) atoms. The normalized spacial score (nSPS) is 28.0. The molecule has 2 atom stereocenters. The van der Waals surface area contributed by atoms with Gasteiger partial charge in [-0.05, 0) is 31.9 Å². The summed E-state index contributed by atoms with van der Waals surface area (Å²) in [6, 6.07) is 0.695. The molecule has 2 rings (SSSR count). The Balaban J connectivity index is 1.71. The second-order valence-electron chi connectivity index (χ2n) is 6.15. The van der Waals surface area contributed by atoms with E-state index in [-0.39, 0.29) is 6.03 Å². The van der Waals surface area contributed by atoms with Crippen LogP contribution in [0, 0.1) is 0 Å². The summed E-state index contributed by atoms with van der Waals surface area (Å²) in [5.41, 5.74) is 0. The molecule has 0 radical (unpaired) electrons. The van der Waals surface area contributed by atoms with Gasteiger partial charge in [-0.25, -0.2) is 4.79 Å². The van der Waals surface area contributed by atoms with Crippen molar-refractivity contribution in [1.29, 1.82) is 0 Å². The fraction of sp³-hybridized carbons (Fsp3) is 0.812. The Bertz CT molecular complexity index is 342. The molecule has 0 aromatic carbocycles. The van der Waals surface area contributed by atoms with E-state index in [0.717, 1.165) is 38.9 Å². The molecule has 0 aromatic heterocycles. The van der Waals surface area contributed by atoms with Gasteiger partial charge < -0.3 is 10.6 Å². The Morgan fingerprint density at radius 1 is 1.24 bits per heavy atom. The second-order valence-corrected chi connectivity index (χ2v) is 7.22. The van der Waals surface area contributed by atoms with Crippen LogP contribution in [0.15, 0.2) is 12.7 Å². The minimum atomic E-state index is 0.0307. The summed E-state index contributed by atoms with van der Waals surface area (Å²) in [5, 5.41) is 6.95. The number of hydrogen-bond donors (Lipinski definition) is 2. The van der Waals surface area contributed by atoms with Gasteiger partial charge in [0.25, 0.3) is 0 Å². The summed E-state index contributed by atoms with van der Waals surface area (Å²) in [6.45, 7) is 6.83. The summed E-state index contributed by atoms with van der Waals surface area (Å²) < 4.78 is 0. The Morgan fingerprint density at radius 2 is 1.95 bits per heavy atom. The minimum absolute atomic E-state index is 0.0307. The highest BCUT2D eigenvalue weighted by Gasteiger charge is 2.27. The lowest BCUT2D eigenvalue weighted by Gasteiger charge is -2.34. The Kier molecular flexibility index (Phi) is 6.90. The van der Waals surface area contributed by atoms with Crippen LogP contribution in [0.2, 0.25) is 0 Å². The number of piperidine rings is 1. The Morgan fingerprint density at radius 3 is 2.62 bits per heavy atom. The maximum Gasteiger partial charge on any atom is 0.315 e. The van der Waals surface area contributed by atoms with E-state index in [1.807, 2.05) is 17.8 Å². The molecule has 120 valence electrons. The molecule has 1 aliphatic carbocycles. The maximum atomic E-state index is 12.2. The summed E-state index contributed by atoms with van der Waals surface area (Å²) in [5.74, 6) is 0. The number of thioether (sulfide) groups is 1.